The highest BCUT2D eigenvalue weighted by Gasteiger charge is 2.12. The van der Waals surface area contributed by atoms with Gasteiger partial charge in [-0.15, -0.1) is 0 Å². The van der Waals surface area contributed by atoms with Crippen molar-refractivity contribution in [1.82, 2.24) is 10.7 Å². The molecule has 23 heavy (non-hydrogen) atoms. The van der Waals surface area contributed by atoms with Crippen LogP contribution >= 0.6 is 0 Å². The summed E-state index contributed by atoms with van der Waals surface area (Å²) in [6.45, 7) is 4.38. The average molecular weight is 313 g/mol. The van der Waals surface area contributed by atoms with Gasteiger partial charge in [-0.3, -0.25) is 9.59 Å². The van der Waals surface area contributed by atoms with E-state index in [2.05, 4.69) is 29.7 Å². The lowest BCUT2D eigenvalue weighted by Crippen LogP contribution is -2.37. The summed E-state index contributed by atoms with van der Waals surface area (Å²) < 4.78 is 5.05. The molecule has 0 aliphatic carbocycles. The van der Waals surface area contributed by atoms with Gasteiger partial charge in [0.25, 0.3) is 0 Å². The second-order valence-corrected chi connectivity index (χ2v) is 5.28. The summed E-state index contributed by atoms with van der Waals surface area (Å²) in [5.74, 6) is -0.571. The highest BCUT2D eigenvalue weighted by molar-refractivity contribution is 6.35. The Morgan fingerprint density at radius 2 is 1.91 bits per heavy atom. The summed E-state index contributed by atoms with van der Waals surface area (Å²) in [5, 5.41) is 6.21. The number of nitrogens with one attached hydrogen (secondary N) is 2. The normalized spacial score (nSPS) is 10.9. The molecule has 0 bridgehead atoms. The Labute approximate surface area is 134 Å². The molecular formula is C17H19N3O3. The lowest BCUT2D eigenvalue weighted by molar-refractivity contribution is -0.139. The molecule has 0 radical (unpaired) electrons. The molecule has 0 saturated carbocycles. The van der Waals surface area contributed by atoms with Crippen LogP contribution in [0, 0.1) is 0 Å². The highest BCUT2D eigenvalue weighted by atomic mass is 16.3. The summed E-state index contributed by atoms with van der Waals surface area (Å²) >= 11 is 0. The fourth-order valence-electron chi connectivity index (χ4n) is 1.84. The van der Waals surface area contributed by atoms with Gasteiger partial charge >= 0.3 is 11.8 Å². The van der Waals surface area contributed by atoms with Crippen LogP contribution in [0.15, 0.2) is 52.2 Å². The van der Waals surface area contributed by atoms with Crippen molar-refractivity contribution in [3.8, 4) is 0 Å². The standard InChI is InChI=1S/C17H19N3O3/c1-12(2)14-7-5-13(6-8-14)10-19-20-17(22)16(21)18-11-15-4-3-9-23-15/h3-10,12H,11H2,1-2H3,(H,18,21)(H,20,22). The first kappa shape index (κ1) is 16.5. The molecule has 0 saturated heterocycles. The number of carbonyl (C=O) groups is 2. The third-order valence-electron chi connectivity index (χ3n) is 3.19. The minimum atomic E-state index is -0.827. The van der Waals surface area contributed by atoms with Gasteiger partial charge in [-0.2, -0.15) is 5.10 Å². The third-order valence-corrected chi connectivity index (χ3v) is 3.19. The average Bonchev–Trinajstić information content (AvgIpc) is 3.06. The quantitative estimate of drug-likeness (QED) is 0.504. The number of amides is 2. The van der Waals surface area contributed by atoms with Gasteiger partial charge in [0.05, 0.1) is 19.0 Å². The summed E-state index contributed by atoms with van der Waals surface area (Å²) in [6.07, 6.45) is 2.98. The van der Waals surface area contributed by atoms with E-state index in [4.69, 9.17) is 4.42 Å². The van der Waals surface area contributed by atoms with E-state index < -0.39 is 11.8 Å². The predicted molar refractivity (Wildman–Crippen MR) is 86.8 cm³/mol. The monoisotopic (exact) mass is 313 g/mol. The van der Waals surface area contributed by atoms with Gasteiger partial charge < -0.3 is 9.73 Å². The summed E-state index contributed by atoms with van der Waals surface area (Å²) in [4.78, 5) is 23.1. The van der Waals surface area contributed by atoms with Crippen molar-refractivity contribution in [1.29, 1.82) is 0 Å². The molecule has 0 aliphatic heterocycles. The Morgan fingerprint density at radius 3 is 2.52 bits per heavy atom. The van der Waals surface area contributed by atoms with Crippen molar-refractivity contribution in [3.05, 3.63) is 59.5 Å². The molecule has 2 amide bonds. The number of furan rings is 1. The van der Waals surface area contributed by atoms with Gasteiger partial charge in [0, 0.05) is 0 Å². The molecule has 0 fully saturated rings. The van der Waals surface area contributed by atoms with Gasteiger partial charge in [0.1, 0.15) is 5.76 Å². The Kier molecular flexibility index (Phi) is 5.68. The number of carbonyl (C=O) groups excluding carboxylic acids is 2. The van der Waals surface area contributed by atoms with E-state index in [1.165, 1.54) is 18.0 Å². The maximum absolute atomic E-state index is 11.6. The van der Waals surface area contributed by atoms with E-state index in [0.717, 1.165) is 5.56 Å². The number of nitrogens with zero attached hydrogens (tertiary/aromatic N) is 1. The van der Waals surface area contributed by atoms with Crippen LogP contribution < -0.4 is 10.7 Å². The van der Waals surface area contributed by atoms with Crippen LogP contribution in [0.5, 0.6) is 0 Å². The van der Waals surface area contributed by atoms with E-state index in [0.29, 0.717) is 11.7 Å². The minimum absolute atomic E-state index is 0.152. The zero-order chi connectivity index (χ0) is 16.7. The molecule has 0 spiro atoms. The topological polar surface area (TPSA) is 83.7 Å². The summed E-state index contributed by atoms with van der Waals surface area (Å²) in [7, 11) is 0. The first-order valence-corrected chi connectivity index (χ1v) is 7.30. The Bertz CT molecular complexity index is 674. The van der Waals surface area contributed by atoms with Crippen LogP contribution in [-0.2, 0) is 16.1 Å². The van der Waals surface area contributed by atoms with Crippen LogP contribution in [0.2, 0.25) is 0 Å². The number of hydrogen-bond acceptors (Lipinski definition) is 4. The Morgan fingerprint density at radius 1 is 1.17 bits per heavy atom. The van der Waals surface area contributed by atoms with Crippen molar-refractivity contribution in [2.24, 2.45) is 5.10 Å². The Hall–Kier alpha value is -2.89. The van der Waals surface area contributed by atoms with E-state index in [1.807, 2.05) is 24.3 Å². The van der Waals surface area contributed by atoms with Crippen LogP contribution in [0.4, 0.5) is 0 Å². The van der Waals surface area contributed by atoms with E-state index >= 15 is 0 Å². The minimum Gasteiger partial charge on any atom is -0.467 e. The van der Waals surface area contributed by atoms with Crippen LogP contribution in [-0.4, -0.2) is 18.0 Å². The van der Waals surface area contributed by atoms with Crippen molar-refractivity contribution >= 4 is 18.0 Å². The zero-order valence-corrected chi connectivity index (χ0v) is 13.1. The van der Waals surface area contributed by atoms with E-state index in [9.17, 15) is 9.59 Å². The highest BCUT2D eigenvalue weighted by Crippen LogP contribution is 2.13. The van der Waals surface area contributed by atoms with Gasteiger partial charge in [0.2, 0.25) is 0 Å². The lowest BCUT2D eigenvalue weighted by Gasteiger charge is -2.04. The molecule has 0 aliphatic rings. The fraction of sp³-hybridized carbons (Fsp3) is 0.235. The largest absolute Gasteiger partial charge is 0.467 e. The smallest absolute Gasteiger partial charge is 0.329 e. The Balaban J connectivity index is 1.79. The first-order valence-electron chi connectivity index (χ1n) is 7.30. The van der Waals surface area contributed by atoms with Gasteiger partial charge in [-0.05, 0) is 29.2 Å². The third kappa shape index (κ3) is 5.10. The molecule has 1 aromatic heterocycles. The predicted octanol–water partition coefficient (Wildman–Crippen LogP) is 2.17. The molecule has 6 nitrogen and oxygen atoms in total. The molecule has 1 heterocycles. The molecular weight excluding hydrogens is 294 g/mol. The maximum atomic E-state index is 11.6. The summed E-state index contributed by atoms with van der Waals surface area (Å²) in [6, 6.07) is 11.2. The van der Waals surface area contributed by atoms with E-state index in [-0.39, 0.29) is 6.54 Å². The second-order valence-electron chi connectivity index (χ2n) is 5.28. The number of hydrogen-bond donors (Lipinski definition) is 2. The molecule has 2 aromatic rings. The number of hydrazone groups is 1. The zero-order valence-electron chi connectivity index (χ0n) is 13.1. The fourth-order valence-corrected chi connectivity index (χ4v) is 1.84. The number of benzene rings is 1. The van der Waals surface area contributed by atoms with Crippen molar-refractivity contribution in [2.45, 2.75) is 26.3 Å². The lowest BCUT2D eigenvalue weighted by atomic mass is 10.0. The molecule has 6 heteroatoms. The SMILES string of the molecule is CC(C)c1ccc(C=NNC(=O)C(=O)NCc2ccco2)cc1. The van der Waals surface area contributed by atoms with Crippen molar-refractivity contribution in [2.75, 3.05) is 0 Å². The first-order chi connectivity index (χ1) is 11.1. The molecule has 0 unspecified atom stereocenters. The molecule has 2 rings (SSSR count). The molecule has 2 N–H and O–H groups in total. The molecule has 120 valence electrons. The van der Waals surface area contributed by atoms with Crippen LogP contribution in [0.1, 0.15) is 36.7 Å². The molecule has 1 aromatic carbocycles. The number of rotatable bonds is 5. The van der Waals surface area contributed by atoms with Crippen molar-refractivity contribution in [3.63, 3.8) is 0 Å². The van der Waals surface area contributed by atoms with Gasteiger partial charge in [0.15, 0.2) is 0 Å². The van der Waals surface area contributed by atoms with Crippen LogP contribution in [0.3, 0.4) is 0 Å². The van der Waals surface area contributed by atoms with E-state index in [1.54, 1.807) is 12.1 Å². The van der Waals surface area contributed by atoms with Gasteiger partial charge in [-0.1, -0.05) is 38.1 Å². The second kappa shape index (κ2) is 7.93. The maximum Gasteiger partial charge on any atom is 0.329 e. The van der Waals surface area contributed by atoms with Gasteiger partial charge in [-0.25, -0.2) is 5.43 Å². The van der Waals surface area contributed by atoms with Crippen molar-refractivity contribution < 1.29 is 14.0 Å². The molecule has 0 atom stereocenters. The summed E-state index contributed by atoms with van der Waals surface area (Å²) in [5.41, 5.74) is 4.25. The van der Waals surface area contributed by atoms with Crippen LogP contribution in [0.25, 0.3) is 0 Å².